The first-order chi connectivity index (χ1) is 18.3. The number of ether oxygens (including phenoxy) is 2. The molecular weight excluding hydrogens is 486 g/mol. The van der Waals surface area contributed by atoms with E-state index in [0.717, 1.165) is 6.42 Å². The van der Waals surface area contributed by atoms with Crippen molar-refractivity contribution in [1.29, 1.82) is 0 Å². The second-order valence-electron chi connectivity index (χ2n) is 8.82. The van der Waals surface area contributed by atoms with Gasteiger partial charge in [-0.3, -0.25) is 14.5 Å². The minimum absolute atomic E-state index is 0.00837. The Kier molecular flexibility index (Phi) is 8.11. The lowest BCUT2D eigenvalue weighted by Gasteiger charge is -2.26. The third-order valence-corrected chi connectivity index (χ3v) is 6.05. The number of aliphatic hydroxyl groups is 1. The van der Waals surface area contributed by atoms with Crippen molar-refractivity contribution in [3.63, 3.8) is 0 Å². The summed E-state index contributed by atoms with van der Waals surface area (Å²) < 4.78 is 10.8. The summed E-state index contributed by atoms with van der Waals surface area (Å²) in [6.07, 6.45) is 1.50. The van der Waals surface area contributed by atoms with Gasteiger partial charge < -0.3 is 19.7 Å². The molecule has 8 heteroatoms. The molecule has 0 aromatic heterocycles. The fourth-order valence-electron chi connectivity index (χ4n) is 4.22. The number of hydrogen-bond donors (Lipinski definition) is 2. The number of carbonyl (C=O) groups is 3. The second-order valence-corrected chi connectivity index (χ2v) is 8.82. The van der Waals surface area contributed by atoms with Crippen molar-refractivity contribution in [1.82, 2.24) is 0 Å². The number of aliphatic hydroxyl groups excluding tert-OH is 1. The molecule has 0 spiro atoms. The number of esters is 1. The number of benzene rings is 3. The lowest BCUT2D eigenvalue weighted by atomic mass is 9.95. The van der Waals surface area contributed by atoms with E-state index in [4.69, 9.17) is 9.47 Å². The number of phenolic OH excluding ortho intramolecular Hbond substituents is 1. The molecular formula is C30H29NO7. The molecule has 2 N–H and O–H groups in total. The van der Waals surface area contributed by atoms with E-state index in [9.17, 15) is 24.6 Å². The van der Waals surface area contributed by atoms with Crippen LogP contribution in [-0.2, 0) is 14.3 Å². The van der Waals surface area contributed by atoms with E-state index in [2.05, 4.69) is 0 Å². The molecule has 4 rings (SSSR count). The minimum atomic E-state index is -1.01. The molecule has 1 unspecified atom stereocenters. The summed E-state index contributed by atoms with van der Waals surface area (Å²) in [5, 5.41) is 21.1. The van der Waals surface area contributed by atoms with Crippen LogP contribution < -0.4 is 9.64 Å². The van der Waals surface area contributed by atoms with Crippen LogP contribution in [0.5, 0.6) is 11.5 Å². The first-order valence-electron chi connectivity index (χ1n) is 12.5. The fraction of sp³-hybridized carbons (Fsp3) is 0.233. The SMILES string of the molecule is CCCOC(=O)c1cccc(N2C(=O)C(=O)/C(=C(/O)c3ccc(OCCC)cc3)C2c2ccc(O)cc2)c1. The van der Waals surface area contributed by atoms with Crippen molar-refractivity contribution >= 4 is 29.1 Å². The summed E-state index contributed by atoms with van der Waals surface area (Å²) in [5.74, 6) is -1.99. The summed E-state index contributed by atoms with van der Waals surface area (Å²) in [6, 6.07) is 17.9. The van der Waals surface area contributed by atoms with Crippen LogP contribution >= 0.6 is 0 Å². The summed E-state index contributed by atoms with van der Waals surface area (Å²) in [6.45, 7) is 4.67. The van der Waals surface area contributed by atoms with Crippen LogP contribution in [0, 0.1) is 0 Å². The van der Waals surface area contributed by atoms with Crippen LogP contribution in [-0.4, -0.2) is 41.1 Å². The molecule has 0 radical (unpaired) electrons. The largest absolute Gasteiger partial charge is 0.508 e. The molecule has 0 aliphatic carbocycles. The molecule has 3 aromatic carbocycles. The molecule has 3 aromatic rings. The highest BCUT2D eigenvalue weighted by atomic mass is 16.5. The number of anilines is 1. The number of nitrogens with zero attached hydrogens (tertiary/aromatic N) is 1. The standard InChI is InChI=1S/C30H29NO7/c1-3-16-37-24-14-10-20(11-15-24)27(33)25-26(19-8-12-23(32)13-9-19)31(29(35)28(25)34)22-7-5-6-21(18-22)30(36)38-17-4-2/h5-15,18,26,32-33H,3-4,16-17H2,1-2H3/b27-25+. The van der Waals surface area contributed by atoms with Crippen molar-refractivity contribution in [3.05, 3.63) is 95.1 Å². The number of ketones is 1. The Bertz CT molecular complexity index is 1360. The Morgan fingerprint density at radius 3 is 2.24 bits per heavy atom. The zero-order valence-electron chi connectivity index (χ0n) is 21.2. The molecule has 1 aliphatic rings. The zero-order chi connectivity index (χ0) is 27.2. The molecule has 1 amide bonds. The zero-order valence-corrected chi connectivity index (χ0v) is 21.2. The number of Topliss-reactive ketones (excluding diaryl/α,β-unsaturated/α-hetero) is 1. The smallest absolute Gasteiger partial charge is 0.338 e. The molecule has 1 heterocycles. The number of phenols is 1. The van der Waals surface area contributed by atoms with E-state index in [0.29, 0.717) is 35.6 Å². The topological polar surface area (TPSA) is 113 Å². The molecule has 0 bridgehead atoms. The van der Waals surface area contributed by atoms with Crippen LogP contribution in [0.3, 0.4) is 0 Å². The first kappa shape index (κ1) is 26.5. The van der Waals surface area contributed by atoms with Gasteiger partial charge in [-0.25, -0.2) is 4.79 Å². The Morgan fingerprint density at radius 1 is 0.895 bits per heavy atom. The third-order valence-electron chi connectivity index (χ3n) is 6.05. The van der Waals surface area contributed by atoms with Gasteiger partial charge in [-0.15, -0.1) is 0 Å². The van der Waals surface area contributed by atoms with Gasteiger partial charge in [0.25, 0.3) is 11.7 Å². The highest BCUT2D eigenvalue weighted by molar-refractivity contribution is 6.51. The summed E-state index contributed by atoms with van der Waals surface area (Å²) in [5.41, 5.74) is 1.24. The van der Waals surface area contributed by atoms with Gasteiger partial charge in [0.15, 0.2) is 0 Å². The number of amides is 1. The van der Waals surface area contributed by atoms with Gasteiger partial charge in [0, 0.05) is 11.3 Å². The maximum atomic E-state index is 13.4. The predicted molar refractivity (Wildman–Crippen MR) is 142 cm³/mol. The number of rotatable bonds is 9. The molecule has 0 saturated carbocycles. The molecule has 1 fully saturated rings. The van der Waals surface area contributed by atoms with Gasteiger partial charge in [0.05, 0.1) is 30.4 Å². The van der Waals surface area contributed by atoms with E-state index >= 15 is 0 Å². The molecule has 1 aliphatic heterocycles. The monoisotopic (exact) mass is 515 g/mol. The van der Waals surface area contributed by atoms with Gasteiger partial charge in [-0.05, 0) is 73.0 Å². The summed E-state index contributed by atoms with van der Waals surface area (Å²) in [4.78, 5) is 40.4. The second kappa shape index (κ2) is 11.6. The maximum Gasteiger partial charge on any atom is 0.338 e. The van der Waals surface area contributed by atoms with Gasteiger partial charge >= 0.3 is 5.97 Å². The highest BCUT2D eigenvalue weighted by Gasteiger charge is 2.47. The van der Waals surface area contributed by atoms with Gasteiger partial charge in [-0.2, -0.15) is 0 Å². The van der Waals surface area contributed by atoms with Gasteiger partial charge in [-0.1, -0.05) is 32.0 Å². The van der Waals surface area contributed by atoms with E-state index < -0.39 is 23.7 Å². The van der Waals surface area contributed by atoms with Crippen molar-refractivity contribution in [2.45, 2.75) is 32.7 Å². The lowest BCUT2D eigenvalue weighted by molar-refractivity contribution is -0.132. The Labute approximate surface area is 220 Å². The summed E-state index contributed by atoms with van der Waals surface area (Å²) >= 11 is 0. The molecule has 1 atom stereocenters. The Balaban J connectivity index is 1.81. The third kappa shape index (κ3) is 5.39. The highest BCUT2D eigenvalue weighted by Crippen LogP contribution is 2.42. The van der Waals surface area contributed by atoms with Crippen molar-refractivity contribution < 1.29 is 34.1 Å². The first-order valence-corrected chi connectivity index (χ1v) is 12.5. The lowest BCUT2D eigenvalue weighted by Crippen LogP contribution is -2.29. The van der Waals surface area contributed by atoms with Crippen molar-refractivity contribution in [3.8, 4) is 11.5 Å². The molecule has 1 saturated heterocycles. The van der Waals surface area contributed by atoms with Crippen molar-refractivity contribution in [2.75, 3.05) is 18.1 Å². The van der Waals surface area contributed by atoms with E-state index in [1.165, 1.54) is 23.1 Å². The van der Waals surface area contributed by atoms with Gasteiger partial charge in [0.1, 0.15) is 17.3 Å². The number of carbonyl (C=O) groups excluding carboxylic acids is 3. The quantitative estimate of drug-likeness (QED) is 0.170. The normalized spacial score (nSPS) is 16.5. The van der Waals surface area contributed by atoms with E-state index in [-0.39, 0.29) is 29.3 Å². The molecule has 8 nitrogen and oxygen atoms in total. The van der Waals surface area contributed by atoms with Crippen LogP contribution in [0.15, 0.2) is 78.4 Å². The minimum Gasteiger partial charge on any atom is -0.508 e. The van der Waals surface area contributed by atoms with Gasteiger partial charge in [0.2, 0.25) is 0 Å². The van der Waals surface area contributed by atoms with Crippen LogP contribution in [0.25, 0.3) is 5.76 Å². The fourth-order valence-corrected chi connectivity index (χ4v) is 4.22. The Hall–Kier alpha value is -4.59. The van der Waals surface area contributed by atoms with Crippen molar-refractivity contribution in [2.24, 2.45) is 0 Å². The predicted octanol–water partition coefficient (Wildman–Crippen LogP) is 5.37. The van der Waals surface area contributed by atoms with Crippen LogP contribution in [0.2, 0.25) is 0 Å². The average molecular weight is 516 g/mol. The molecule has 196 valence electrons. The maximum absolute atomic E-state index is 13.4. The number of aromatic hydroxyl groups is 1. The van der Waals surface area contributed by atoms with E-state index in [1.54, 1.807) is 54.6 Å². The molecule has 38 heavy (non-hydrogen) atoms. The van der Waals surface area contributed by atoms with E-state index in [1.807, 2.05) is 13.8 Å². The number of hydrogen-bond acceptors (Lipinski definition) is 7. The summed E-state index contributed by atoms with van der Waals surface area (Å²) in [7, 11) is 0. The Morgan fingerprint density at radius 2 is 1.58 bits per heavy atom. The average Bonchev–Trinajstić information content (AvgIpc) is 3.20. The van der Waals surface area contributed by atoms with Crippen LogP contribution in [0.4, 0.5) is 5.69 Å². The van der Waals surface area contributed by atoms with Crippen LogP contribution in [0.1, 0.15) is 54.2 Å².